The van der Waals surface area contributed by atoms with Gasteiger partial charge in [-0.05, 0) is 31.0 Å². The Morgan fingerprint density at radius 1 is 1.53 bits per heavy atom. The van der Waals surface area contributed by atoms with Gasteiger partial charge in [0, 0.05) is 18.7 Å². The minimum atomic E-state index is -0.320. The summed E-state index contributed by atoms with van der Waals surface area (Å²) in [7, 11) is 0. The molecule has 0 radical (unpaired) electrons. The lowest BCUT2D eigenvalue weighted by molar-refractivity contribution is -0.124. The fraction of sp³-hybridized carbons (Fsp3) is 0.429. The van der Waals surface area contributed by atoms with E-state index in [1.807, 2.05) is 25.1 Å². The third-order valence-electron chi connectivity index (χ3n) is 3.22. The van der Waals surface area contributed by atoms with Gasteiger partial charge in [0.1, 0.15) is 11.6 Å². The van der Waals surface area contributed by atoms with Gasteiger partial charge in [-0.25, -0.2) is 4.98 Å². The molecule has 0 spiro atoms. The Morgan fingerprint density at radius 3 is 3.16 bits per heavy atom. The Hall–Kier alpha value is -1.88. The molecule has 0 saturated carbocycles. The number of rotatable bonds is 3. The normalized spacial score (nSPS) is 18.9. The van der Waals surface area contributed by atoms with E-state index in [2.05, 4.69) is 10.3 Å². The van der Waals surface area contributed by atoms with Crippen LogP contribution >= 0.6 is 0 Å². The maximum Gasteiger partial charge on any atom is 0.253 e. The standard InChI is InChI=1S/C14H16N2O3/c1-2-13-16-10-8-9(5-6-11(10)19-13)15-14(17)12-4-3-7-18-12/h5-6,8,12H,2-4,7H2,1H3,(H,15,17). The highest BCUT2D eigenvalue weighted by Crippen LogP contribution is 2.21. The molecule has 1 unspecified atom stereocenters. The zero-order chi connectivity index (χ0) is 13.2. The molecule has 19 heavy (non-hydrogen) atoms. The molecule has 2 aromatic rings. The molecule has 1 N–H and O–H groups in total. The summed E-state index contributed by atoms with van der Waals surface area (Å²) in [6, 6.07) is 5.47. The first-order chi connectivity index (χ1) is 9.26. The first-order valence-electron chi connectivity index (χ1n) is 6.58. The van der Waals surface area contributed by atoms with Gasteiger partial charge in [-0.15, -0.1) is 0 Å². The number of carbonyl (C=O) groups is 1. The maximum atomic E-state index is 11.9. The minimum Gasteiger partial charge on any atom is -0.441 e. The largest absolute Gasteiger partial charge is 0.441 e. The summed E-state index contributed by atoms with van der Waals surface area (Å²) in [5, 5.41) is 2.86. The molecular weight excluding hydrogens is 244 g/mol. The van der Waals surface area contributed by atoms with Crippen molar-refractivity contribution in [3.8, 4) is 0 Å². The van der Waals surface area contributed by atoms with E-state index >= 15 is 0 Å². The number of nitrogens with zero attached hydrogens (tertiary/aromatic N) is 1. The van der Waals surface area contributed by atoms with Gasteiger partial charge in [0.05, 0.1) is 0 Å². The molecule has 1 fully saturated rings. The Morgan fingerprint density at radius 2 is 2.42 bits per heavy atom. The molecule has 0 aliphatic carbocycles. The van der Waals surface area contributed by atoms with Crippen molar-refractivity contribution < 1.29 is 13.9 Å². The van der Waals surface area contributed by atoms with Crippen molar-refractivity contribution in [2.45, 2.75) is 32.3 Å². The first-order valence-corrected chi connectivity index (χ1v) is 6.58. The predicted molar refractivity (Wildman–Crippen MR) is 71.0 cm³/mol. The molecular formula is C14H16N2O3. The van der Waals surface area contributed by atoms with E-state index in [0.29, 0.717) is 12.5 Å². The number of oxazole rings is 1. The summed E-state index contributed by atoms with van der Waals surface area (Å²) in [5.41, 5.74) is 2.23. The van der Waals surface area contributed by atoms with Crippen LogP contribution in [0.5, 0.6) is 0 Å². The van der Waals surface area contributed by atoms with Gasteiger partial charge in [0.25, 0.3) is 5.91 Å². The second-order valence-corrected chi connectivity index (χ2v) is 4.63. The SMILES string of the molecule is CCc1nc2cc(NC(=O)C3CCCO3)ccc2o1. The van der Waals surface area contributed by atoms with Crippen molar-refractivity contribution in [1.82, 2.24) is 4.98 Å². The van der Waals surface area contributed by atoms with Crippen LogP contribution in [0.15, 0.2) is 22.6 Å². The highest BCUT2D eigenvalue weighted by atomic mass is 16.5. The number of hydrogen-bond donors (Lipinski definition) is 1. The first kappa shape index (κ1) is 12.2. The molecule has 1 aliphatic heterocycles. The number of hydrogen-bond acceptors (Lipinski definition) is 4. The quantitative estimate of drug-likeness (QED) is 0.921. The van der Waals surface area contributed by atoms with Crippen LogP contribution in [0.25, 0.3) is 11.1 Å². The van der Waals surface area contributed by atoms with Crippen LogP contribution in [0.1, 0.15) is 25.7 Å². The molecule has 1 amide bonds. The number of carbonyl (C=O) groups excluding carboxylic acids is 1. The zero-order valence-corrected chi connectivity index (χ0v) is 10.8. The van der Waals surface area contributed by atoms with Crippen LogP contribution < -0.4 is 5.32 Å². The van der Waals surface area contributed by atoms with Crippen LogP contribution in [0.2, 0.25) is 0 Å². The van der Waals surface area contributed by atoms with E-state index in [1.165, 1.54) is 0 Å². The maximum absolute atomic E-state index is 11.9. The number of aromatic nitrogens is 1. The van der Waals surface area contributed by atoms with E-state index in [4.69, 9.17) is 9.15 Å². The topological polar surface area (TPSA) is 64.4 Å². The summed E-state index contributed by atoms with van der Waals surface area (Å²) in [4.78, 5) is 16.3. The highest BCUT2D eigenvalue weighted by Gasteiger charge is 2.23. The Bertz CT molecular complexity index is 600. The fourth-order valence-corrected chi connectivity index (χ4v) is 2.21. The van der Waals surface area contributed by atoms with E-state index in [1.54, 1.807) is 0 Å². The predicted octanol–water partition coefficient (Wildman–Crippen LogP) is 2.51. The molecule has 5 heteroatoms. The second-order valence-electron chi connectivity index (χ2n) is 4.63. The summed E-state index contributed by atoms with van der Waals surface area (Å²) < 4.78 is 10.9. The van der Waals surface area contributed by atoms with Crippen LogP contribution in [0, 0.1) is 0 Å². The third kappa shape index (κ3) is 2.46. The van der Waals surface area contributed by atoms with Crippen molar-refractivity contribution >= 4 is 22.7 Å². The van der Waals surface area contributed by atoms with E-state index in [-0.39, 0.29) is 12.0 Å². The lowest BCUT2D eigenvalue weighted by Gasteiger charge is -2.09. The van der Waals surface area contributed by atoms with E-state index in [0.717, 1.165) is 36.0 Å². The summed E-state index contributed by atoms with van der Waals surface area (Å²) in [6.45, 7) is 2.66. The number of amides is 1. The van der Waals surface area contributed by atoms with Crippen LogP contribution in [-0.2, 0) is 16.0 Å². The molecule has 1 aliphatic rings. The number of fused-ring (bicyclic) bond motifs is 1. The number of nitrogens with one attached hydrogen (secondary N) is 1. The minimum absolute atomic E-state index is 0.0870. The second kappa shape index (κ2) is 5.01. The van der Waals surface area contributed by atoms with Crippen molar-refractivity contribution in [2.24, 2.45) is 0 Å². The van der Waals surface area contributed by atoms with Gasteiger partial charge in [0.2, 0.25) is 0 Å². The van der Waals surface area contributed by atoms with E-state index in [9.17, 15) is 4.79 Å². The van der Waals surface area contributed by atoms with Gasteiger partial charge >= 0.3 is 0 Å². The van der Waals surface area contributed by atoms with Gasteiger partial charge < -0.3 is 14.5 Å². The van der Waals surface area contributed by atoms with Crippen molar-refractivity contribution in [3.63, 3.8) is 0 Å². The lowest BCUT2D eigenvalue weighted by atomic mass is 10.2. The molecule has 1 atom stereocenters. The molecule has 3 rings (SSSR count). The Labute approximate surface area is 111 Å². The highest BCUT2D eigenvalue weighted by molar-refractivity contribution is 5.95. The monoisotopic (exact) mass is 260 g/mol. The number of anilines is 1. The van der Waals surface area contributed by atoms with Crippen LogP contribution in [0.4, 0.5) is 5.69 Å². The average molecular weight is 260 g/mol. The van der Waals surface area contributed by atoms with Crippen LogP contribution in [-0.4, -0.2) is 23.6 Å². The summed E-state index contributed by atoms with van der Waals surface area (Å²) in [6.07, 6.45) is 2.17. The molecule has 100 valence electrons. The fourth-order valence-electron chi connectivity index (χ4n) is 2.21. The zero-order valence-electron chi connectivity index (χ0n) is 10.8. The molecule has 1 saturated heterocycles. The van der Waals surface area contributed by atoms with Gasteiger partial charge in [-0.1, -0.05) is 6.92 Å². The van der Waals surface area contributed by atoms with Gasteiger partial charge in [0.15, 0.2) is 11.5 Å². The lowest BCUT2D eigenvalue weighted by Crippen LogP contribution is -2.26. The molecule has 5 nitrogen and oxygen atoms in total. The number of benzene rings is 1. The van der Waals surface area contributed by atoms with Gasteiger partial charge in [-0.3, -0.25) is 4.79 Å². The van der Waals surface area contributed by atoms with Crippen molar-refractivity contribution in [3.05, 3.63) is 24.1 Å². The Balaban J connectivity index is 1.78. The van der Waals surface area contributed by atoms with E-state index < -0.39 is 0 Å². The smallest absolute Gasteiger partial charge is 0.253 e. The van der Waals surface area contributed by atoms with Gasteiger partial charge in [-0.2, -0.15) is 0 Å². The van der Waals surface area contributed by atoms with Crippen LogP contribution in [0.3, 0.4) is 0 Å². The molecule has 1 aromatic heterocycles. The molecule has 0 bridgehead atoms. The Kier molecular flexibility index (Phi) is 3.21. The molecule has 1 aromatic carbocycles. The molecule has 2 heterocycles. The number of aryl methyl sites for hydroxylation is 1. The van der Waals surface area contributed by atoms with Crippen molar-refractivity contribution in [1.29, 1.82) is 0 Å². The summed E-state index contributed by atoms with van der Waals surface area (Å²) >= 11 is 0. The average Bonchev–Trinajstić information content (AvgIpc) is 3.07. The van der Waals surface area contributed by atoms with Crippen molar-refractivity contribution in [2.75, 3.05) is 11.9 Å². The summed E-state index contributed by atoms with van der Waals surface area (Å²) in [5.74, 6) is 0.619. The number of ether oxygens (including phenoxy) is 1. The third-order valence-corrected chi connectivity index (χ3v) is 3.22.